The van der Waals surface area contributed by atoms with Crippen molar-refractivity contribution in [3.05, 3.63) is 58.2 Å². The summed E-state index contributed by atoms with van der Waals surface area (Å²) in [5.74, 6) is -0.918. The van der Waals surface area contributed by atoms with Crippen molar-refractivity contribution in [2.45, 2.75) is 24.7 Å². The number of carbonyl (C=O) groups is 2. The molecule has 3 aromatic rings. The number of ether oxygens (including phenoxy) is 1. The summed E-state index contributed by atoms with van der Waals surface area (Å²) < 4.78 is 33.3. The quantitative estimate of drug-likeness (QED) is 0.322. The van der Waals surface area contributed by atoms with Crippen LogP contribution in [0, 0.1) is 0 Å². The molecule has 2 aromatic carbocycles. The maximum absolute atomic E-state index is 13.6. The summed E-state index contributed by atoms with van der Waals surface area (Å²) in [6.07, 6.45) is 1.49. The molecule has 0 fully saturated rings. The third kappa shape index (κ3) is 5.84. The average Bonchev–Trinajstić information content (AvgIpc) is 3.19. The molecule has 0 aliphatic heterocycles. The van der Waals surface area contributed by atoms with E-state index in [0.717, 1.165) is 10.7 Å². The minimum atomic E-state index is -4.24. The molecule has 0 unspecified atom stereocenters. The van der Waals surface area contributed by atoms with Gasteiger partial charge in [-0.1, -0.05) is 36.5 Å². The molecule has 0 bridgehead atoms. The lowest BCUT2D eigenvalue weighted by molar-refractivity contribution is -0.141. The highest BCUT2D eigenvalue weighted by atomic mass is 35.5. The summed E-state index contributed by atoms with van der Waals surface area (Å²) in [5.41, 5.74) is 1.22. The molecule has 0 saturated heterocycles. The normalized spacial score (nSPS) is 11.4. The first-order valence-corrected chi connectivity index (χ1v) is 12.7. The highest BCUT2D eigenvalue weighted by molar-refractivity contribution is 7.92. The molecule has 0 spiro atoms. The first kappa shape index (κ1) is 25.9. The van der Waals surface area contributed by atoms with Crippen molar-refractivity contribution in [1.82, 2.24) is 9.88 Å². The number of fused-ring (bicyclic) bond motifs is 1. The number of unbranched alkanes of at least 4 members (excludes halogenated alkanes) is 1. The second kappa shape index (κ2) is 10.7. The zero-order valence-electron chi connectivity index (χ0n) is 19.0. The van der Waals surface area contributed by atoms with Crippen molar-refractivity contribution in [3.8, 4) is 0 Å². The fourth-order valence-electron chi connectivity index (χ4n) is 3.24. The van der Waals surface area contributed by atoms with E-state index in [1.807, 2.05) is 6.92 Å². The smallest absolute Gasteiger partial charge is 0.326 e. The minimum Gasteiger partial charge on any atom is -0.464 e. The number of H-pyrrole nitrogens is 1. The predicted octanol–water partition coefficient (Wildman–Crippen LogP) is 4.72. The van der Waals surface area contributed by atoms with Crippen LogP contribution in [0.2, 0.25) is 10.0 Å². The number of nitrogens with one attached hydrogen (secondary N) is 1. The Morgan fingerprint density at radius 2 is 1.71 bits per heavy atom. The topological polar surface area (TPSA) is 99.8 Å². The maximum atomic E-state index is 13.6. The van der Waals surface area contributed by atoms with Crippen LogP contribution in [0.25, 0.3) is 10.9 Å². The summed E-state index contributed by atoms with van der Waals surface area (Å²) in [6.45, 7) is 1.60. The lowest BCUT2D eigenvalue weighted by Crippen LogP contribution is -2.36. The summed E-state index contributed by atoms with van der Waals surface area (Å²) >= 11 is 12.1. The van der Waals surface area contributed by atoms with Crippen molar-refractivity contribution in [3.63, 3.8) is 0 Å². The van der Waals surface area contributed by atoms with Gasteiger partial charge in [-0.2, -0.15) is 0 Å². The maximum Gasteiger partial charge on any atom is 0.326 e. The first-order valence-electron chi connectivity index (χ1n) is 10.5. The Balaban J connectivity index is 2.06. The molecule has 1 aromatic heterocycles. The Labute approximate surface area is 208 Å². The summed E-state index contributed by atoms with van der Waals surface area (Å²) in [7, 11) is -0.973. The highest BCUT2D eigenvalue weighted by Gasteiger charge is 2.29. The largest absolute Gasteiger partial charge is 0.464 e. The number of rotatable bonds is 9. The van der Waals surface area contributed by atoms with Crippen LogP contribution in [-0.4, -0.2) is 57.4 Å². The number of halogens is 2. The molecule has 34 heavy (non-hydrogen) atoms. The van der Waals surface area contributed by atoms with Gasteiger partial charge in [0.25, 0.3) is 15.9 Å². The Kier molecular flexibility index (Phi) is 8.12. The van der Waals surface area contributed by atoms with Crippen LogP contribution in [-0.2, 0) is 19.6 Å². The van der Waals surface area contributed by atoms with Gasteiger partial charge in [0.15, 0.2) is 0 Å². The van der Waals surface area contributed by atoms with Crippen molar-refractivity contribution < 1.29 is 22.7 Å². The zero-order chi connectivity index (χ0) is 25.0. The molecule has 1 heterocycles. The van der Waals surface area contributed by atoms with Gasteiger partial charge in [-0.15, -0.1) is 0 Å². The van der Waals surface area contributed by atoms with Crippen LogP contribution in [0.5, 0.6) is 0 Å². The molecule has 0 aliphatic rings. The van der Waals surface area contributed by atoms with E-state index in [9.17, 15) is 18.0 Å². The Bertz CT molecular complexity index is 1300. The number of hydrogen-bond acceptors (Lipinski definition) is 5. The molecule has 11 heteroatoms. The van der Waals surface area contributed by atoms with E-state index in [1.54, 1.807) is 38.4 Å². The molecule has 0 saturated carbocycles. The van der Waals surface area contributed by atoms with Gasteiger partial charge < -0.3 is 14.6 Å². The minimum absolute atomic E-state index is 0.143. The number of aromatic amines is 1. The third-order valence-corrected chi connectivity index (χ3v) is 7.17. The van der Waals surface area contributed by atoms with Crippen molar-refractivity contribution in [2.75, 3.05) is 31.6 Å². The zero-order valence-corrected chi connectivity index (χ0v) is 21.3. The van der Waals surface area contributed by atoms with Crippen LogP contribution in [0.1, 0.15) is 30.3 Å². The number of anilines is 1. The average molecular weight is 526 g/mol. The molecule has 1 amide bonds. The van der Waals surface area contributed by atoms with Gasteiger partial charge in [0, 0.05) is 35.0 Å². The Morgan fingerprint density at radius 1 is 1.03 bits per heavy atom. The van der Waals surface area contributed by atoms with E-state index in [2.05, 4.69) is 4.98 Å². The fraction of sp³-hybridized carbons (Fsp3) is 0.304. The number of esters is 1. The van der Waals surface area contributed by atoms with Gasteiger partial charge in [-0.25, -0.2) is 8.42 Å². The monoisotopic (exact) mass is 525 g/mol. The molecule has 1 N–H and O–H groups in total. The van der Waals surface area contributed by atoms with E-state index < -0.39 is 22.5 Å². The number of aromatic nitrogens is 1. The number of hydrogen-bond donors (Lipinski definition) is 1. The Morgan fingerprint density at radius 3 is 2.32 bits per heavy atom. The number of nitrogens with zero attached hydrogens (tertiary/aromatic N) is 2. The van der Waals surface area contributed by atoms with Crippen molar-refractivity contribution in [2.24, 2.45) is 0 Å². The van der Waals surface area contributed by atoms with Gasteiger partial charge >= 0.3 is 5.97 Å². The van der Waals surface area contributed by atoms with Crippen LogP contribution >= 0.6 is 23.2 Å². The SMILES string of the molecule is CCCCOC(=O)CN(c1ccc2[nH]c(C(=O)N(C)C)cc2c1)S(=O)(=O)c1cc(Cl)cc(Cl)c1. The van der Waals surface area contributed by atoms with Crippen LogP contribution < -0.4 is 4.31 Å². The molecular formula is C23H25Cl2N3O5S. The molecule has 0 atom stereocenters. The van der Waals surface area contributed by atoms with Gasteiger partial charge in [0.05, 0.1) is 17.2 Å². The summed E-state index contributed by atoms with van der Waals surface area (Å²) in [4.78, 5) is 29.1. The molecule has 0 radical (unpaired) electrons. The van der Waals surface area contributed by atoms with E-state index in [1.165, 1.54) is 23.1 Å². The molecule has 0 aliphatic carbocycles. The van der Waals surface area contributed by atoms with Crippen molar-refractivity contribution >= 4 is 61.7 Å². The van der Waals surface area contributed by atoms with Gasteiger partial charge in [0.2, 0.25) is 0 Å². The molecule has 8 nitrogen and oxygen atoms in total. The van der Waals surface area contributed by atoms with E-state index >= 15 is 0 Å². The molecular weight excluding hydrogens is 501 g/mol. The highest BCUT2D eigenvalue weighted by Crippen LogP contribution is 2.30. The van der Waals surface area contributed by atoms with Gasteiger partial charge in [-0.05, 0) is 48.9 Å². The van der Waals surface area contributed by atoms with Crippen LogP contribution in [0.3, 0.4) is 0 Å². The number of benzene rings is 2. The van der Waals surface area contributed by atoms with Gasteiger partial charge in [-0.3, -0.25) is 13.9 Å². The third-order valence-electron chi connectivity index (χ3n) is 4.99. The van der Waals surface area contributed by atoms with E-state index in [4.69, 9.17) is 27.9 Å². The number of carbonyl (C=O) groups excluding carboxylic acids is 2. The molecule has 3 rings (SSSR count). The number of sulfonamides is 1. The van der Waals surface area contributed by atoms with Crippen LogP contribution in [0.4, 0.5) is 5.69 Å². The summed E-state index contributed by atoms with van der Waals surface area (Å²) in [5, 5.41) is 0.889. The lowest BCUT2D eigenvalue weighted by atomic mass is 10.2. The predicted molar refractivity (Wildman–Crippen MR) is 133 cm³/mol. The second-order valence-electron chi connectivity index (χ2n) is 7.85. The summed E-state index contributed by atoms with van der Waals surface area (Å²) in [6, 6.07) is 10.4. The number of amides is 1. The Hall–Kier alpha value is -2.75. The van der Waals surface area contributed by atoms with E-state index in [0.29, 0.717) is 23.0 Å². The van der Waals surface area contributed by atoms with Crippen LogP contribution in [0.15, 0.2) is 47.4 Å². The fourth-order valence-corrected chi connectivity index (χ4v) is 5.37. The van der Waals surface area contributed by atoms with Crippen molar-refractivity contribution in [1.29, 1.82) is 0 Å². The molecule has 182 valence electrons. The van der Waals surface area contributed by atoms with E-state index in [-0.39, 0.29) is 33.1 Å². The standard InChI is InChI=1S/C23H25Cl2N3O5S/c1-4-5-8-33-22(29)14-28(34(31,32)19-12-16(24)11-17(25)13-19)18-6-7-20-15(9-18)10-21(26-20)23(30)27(2)3/h6-7,9-13,26H,4-5,8,14H2,1-3H3. The lowest BCUT2D eigenvalue weighted by Gasteiger charge is -2.24. The second-order valence-corrected chi connectivity index (χ2v) is 10.6. The van der Waals surface area contributed by atoms with Gasteiger partial charge in [0.1, 0.15) is 12.2 Å². The first-order chi connectivity index (χ1) is 16.0.